The molecular formula is C13H16O2. The SMILES string of the molecule is CC(C)(O)[C@H]1CCc2ccccc2C1=O. The van der Waals surface area contributed by atoms with Gasteiger partial charge in [-0.3, -0.25) is 4.79 Å². The number of benzene rings is 1. The van der Waals surface area contributed by atoms with Gasteiger partial charge in [-0.2, -0.15) is 0 Å². The van der Waals surface area contributed by atoms with Crippen molar-refractivity contribution in [2.45, 2.75) is 32.3 Å². The fourth-order valence-corrected chi connectivity index (χ4v) is 2.27. The molecule has 0 spiro atoms. The average Bonchev–Trinajstić information content (AvgIpc) is 2.16. The molecule has 1 aliphatic rings. The van der Waals surface area contributed by atoms with Gasteiger partial charge in [-0.25, -0.2) is 0 Å². The topological polar surface area (TPSA) is 37.3 Å². The van der Waals surface area contributed by atoms with Crippen molar-refractivity contribution < 1.29 is 9.90 Å². The van der Waals surface area contributed by atoms with Crippen LogP contribution in [-0.4, -0.2) is 16.5 Å². The van der Waals surface area contributed by atoms with Crippen LogP contribution in [0.15, 0.2) is 24.3 Å². The standard InChI is InChI=1S/C13H16O2/c1-13(2,15)11-8-7-9-5-3-4-6-10(9)12(11)14/h3-6,11,15H,7-8H2,1-2H3/t11-/m0/s1. The molecule has 2 rings (SSSR count). The second-order valence-electron chi connectivity index (χ2n) is 4.77. The molecule has 1 aliphatic carbocycles. The second-order valence-corrected chi connectivity index (χ2v) is 4.77. The summed E-state index contributed by atoms with van der Waals surface area (Å²) in [5.74, 6) is -0.170. The molecule has 0 aromatic heterocycles. The van der Waals surface area contributed by atoms with Crippen molar-refractivity contribution in [2.24, 2.45) is 5.92 Å². The van der Waals surface area contributed by atoms with Gasteiger partial charge in [0.25, 0.3) is 0 Å². The summed E-state index contributed by atoms with van der Waals surface area (Å²) in [4.78, 5) is 12.1. The summed E-state index contributed by atoms with van der Waals surface area (Å²) in [5.41, 5.74) is 0.990. The Kier molecular flexibility index (Phi) is 2.39. The first-order valence-corrected chi connectivity index (χ1v) is 5.34. The molecule has 0 unspecified atom stereocenters. The monoisotopic (exact) mass is 204 g/mol. The predicted octanol–water partition coefficient (Wildman–Crippen LogP) is 2.20. The summed E-state index contributed by atoms with van der Waals surface area (Å²) < 4.78 is 0. The lowest BCUT2D eigenvalue weighted by Crippen LogP contribution is -2.39. The van der Waals surface area contributed by atoms with Gasteiger partial charge in [0.1, 0.15) is 0 Å². The van der Waals surface area contributed by atoms with Crippen LogP contribution >= 0.6 is 0 Å². The third-order valence-corrected chi connectivity index (χ3v) is 3.15. The van der Waals surface area contributed by atoms with Crippen molar-refractivity contribution in [2.75, 3.05) is 0 Å². The largest absolute Gasteiger partial charge is 0.390 e. The first-order chi connectivity index (χ1) is 7.00. The third-order valence-electron chi connectivity index (χ3n) is 3.15. The molecule has 1 N–H and O–H groups in total. The molecule has 2 nitrogen and oxygen atoms in total. The minimum Gasteiger partial charge on any atom is -0.390 e. The molecule has 0 amide bonds. The molecule has 0 heterocycles. The minimum absolute atomic E-state index is 0.0874. The van der Waals surface area contributed by atoms with E-state index in [4.69, 9.17) is 0 Å². The van der Waals surface area contributed by atoms with Gasteiger partial charge in [0.2, 0.25) is 0 Å². The van der Waals surface area contributed by atoms with Gasteiger partial charge in [-0.1, -0.05) is 24.3 Å². The van der Waals surface area contributed by atoms with Crippen molar-refractivity contribution in [3.8, 4) is 0 Å². The highest BCUT2D eigenvalue weighted by molar-refractivity contribution is 6.00. The summed E-state index contributed by atoms with van der Waals surface area (Å²) in [6.07, 6.45) is 1.63. The number of rotatable bonds is 1. The predicted molar refractivity (Wildman–Crippen MR) is 58.9 cm³/mol. The van der Waals surface area contributed by atoms with Gasteiger partial charge in [-0.15, -0.1) is 0 Å². The lowest BCUT2D eigenvalue weighted by molar-refractivity contribution is 0.0148. The first kappa shape index (κ1) is 10.4. The molecule has 1 aromatic rings. The van der Waals surface area contributed by atoms with Crippen LogP contribution in [0.4, 0.5) is 0 Å². The Labute approximate surface area is 89.9 Å². The van der Waals surface area contributed by atoms with E-state index in [0.29, 0.717) is 0 Å². The Morgan fingerprint density at radius 2 is 2.00 bits per heavy atom. The van der Waals surface area contributed by atoms with Crippen LogP contribution in [0.1, 0.15) is 36.2 Å². The number of aliphatic hydroxyl groups is 1. The summed E-state index contributed by atoms with van der Waals surface area (Å²) >= 11 is 0. The summed E-state index contributed by atoms with van der Waals surface area (Å²) in [6, 6.07) is 7.68. The van der Waals surface area contributed by atoms with E-state index in [9.17, 15) is 9.90 Å². The first-order valence-electron chi connectivity index (χ1n) is 5.34. The molecule has 80 valence electrons. The molecule has 0 radical (unpaired) electrons. The van der Waals surface area contributed by atoms with Crippen LogP contribution < -0.4 is 0 Å². The van der Waals surface area contributed by atoms with E-state index < -0.39 is 5.60 Å². The maximum absolute atomic E-state index is 12.1. The van der Waals surface area contributed by atoms with Crippen LogP contribution in [0.25, 0.3) is 0 Å². The Bertz CT molecular complexity index is 388. The van der Waals surface area contributed by atoms with Crippen molar-refractivity contribution in [3.05, 3.63) is 35.4 Å². The maximum Gasteiger partial charge on any atom is 0.169 e. The Morgan fingerprint density at radius 1 is 1.33 bits per heavy atom. The number of ketones is 1. The van der Waals surface area contributed by atoms with E-state index in [1.165, 1.54) is 0 Å². The summed E-state index contributed by atoms with van der Waals surface area (Å²) in [7, 11) is 0. The molecule has 1 atom stereocenters. The summed E-state index contributed by atoms with van der Waals surface area (Å²) in [5, 5.41) is 9.92. The second kappa shape index (κ2) is 3.46. The lowest BCUT2D eigenvalue weighted by Gasteiger charge is -2.32. The molecular weight excluding hydrogens is 188 g/mol. The highest BCUT2D eigenvalue weighted by Crippen LogP contribution is 2.32. The van der Waals surface area contributed by atoms with E-state index in [-0.39, 0.29) is 11.7 Å². The van der Waals surface area contributed by atoms with Crippen LogP contribution in [0.2, 0.25) is 0 Å². The van der Waals surface area contributed by atoms with Gasteiger partial charge in [0.15, 0.2) is 5.78 Å². The average molecular weight is 204 g/mol. The quantitative estimate of drug-likeness (QED) is 0.761. The number of hydrogen-bond donors (Lipinski definition) is 1. The van der Waals surface area contributed by atoms with Crippen molar-refractivity contribution in [3.63, 3.8) is 0 Å². The number of fused-ring (bicyclic) bond motifs is 1. The minimum atomic E-state index is -0.912. The Morgan fingerprint density at radius 3 is 2.67 bits per heavy atom. The number of Topliss-reactive ketones (excluding diaryl/α,β-unsaturated/α-hetero) is 1. The van der Waals surface area contributed by atoms with Crippen molar-refractivity contribution in [1.82, 2.24) is 0 Å². The fourth-order valence-electron chi connectivity index (χ4n) is 2.27. The van der Waals surface area contributed by atoms with Crippen molar-refractivity contribution in [1.29, 1.82) is 0 Å². The van der Waals surface area contributed by atoms with Gasteiger partial charge in [0, 0.05) is 5.56 Å². The molecule has 0 fully saturated rings. The zero-order valence-electron chi connectivity index (χ0n) is 9.16. The Balaban J connectivity index is 2.38. The van der Waals surface area contributed by atoms with E-state index >= 15 is 0 Å². The number of hydrogen-bond acceptors (Lipinski definition) is 2. The lowest BCUT2D eigenvalue weighted by atomic mass is 9.75. The maximum atomic E-state index is 12.1. The smallest absolute Gasteiger partial charge is 0.169 e. The molecule has 15 heavy (non-hydrogen) atoms. The molecule has 0 saturated carbocycles. The van der Waals surface area contributed by atoms with E-state index in [0.717, 1.165) is 24.0 Å². The van der Waals surface area contributed by atoms with Gasteiger partial charge >= 0.3 is 0 Å². The highest BCUT2D eigenvalue weighted by atomic mass is 16.3. The number of carbonyl (C=O) groups excluding carboxylic acids is 1. The summed E-state index contributed by atoms with van der Waals surface area (Å²) in [6.45, 7) is 3.42. The molecule has 0 aliphatic heterocycles. The van der Waals surface area contributed by atoms with Crippen LogP contribution in [-0.2, 0) is 6.42 Å². The van der Waals surface area contributed by atoms with E-state index in [1.54, 1.807) is 13.8 Å². The van der Waals surface area contributed by atoms with Crippen LogP contribution in [0.3, 0.4) is 0 Å². The zero-order valence-corrected chi connectivity index (χ0v) is 9.16. The molecule has 0 saturated heterocycles. The van der Waals surface area contributed by atoms with E-state index in [2.05, 4.69) is 0 Å². The number of aryl methyl sites for hydroxylation is 1. The van der Waals surface area contributed by atoms with E-state index in [1.807, 2.05) is 24.3 Å². The normalized spacial score (nSPS) is 21.3. The highest BCUT2D eigenvalue weighted by Gasteiger charge is 2.36. The molecule has 0 bridgehead atoms. The Hall–Kier alpha value is -1.15. The zero-order chi connectivity index (χ0) is 11.1. The van der Waals surface area contributed by atoms with Crippen molar-refractivity contribution >= 4 is 5.78 Å². The molecule has 1 aromatic carbocycles. The van der Waals surface area contributed by atoms with Crippen LogP contribution in [0.5, 0.6) is 0 Å². The third kappa shape index (κ3) is 1.82. The van der Waals surface area contributed by atoms with Gasteiger partial charge in [0.05, 0.1) is 11.5 Å². The fraction of sp³-hybridized carbons (Fsp3) is 0.462. The number of carbonyl (C=O) groups is 1. The molecule has 2 heteroatoms. The van der Waals surface area contributed by atoms with Crippen LogP contribution in [0, 0.1) is 5.92 Å². The van der Waals surface area contributed by atoms with Gasteiger partial charge < -0.3 is 5.11 Å². The van der Waals surface area contributed by atoms with Gasteiger partial charge in [-0.05, 0) is 32.3 Å².